The number of hydrogen-bond donors (Lipinski definition) is 1. The van der Waals surface area contributed by atoms with E-state index in [9.17, 15) is 14.9 Å². The molecule has 1 aromatic carbocycles. The molecule has 0 unspecified atom stereocenters. The number of ether oxygens (including phenoxy) is 1. The second-order valence-corrected chi connectivity index (χ2v) is 3.95. The fourth-order valence-corrected chi connectivity index (χ4v) is 1.44. The number of nitrogens with zero attached hydrogens (tertiary/aromatic N) is 2. The summed E-state index contributed by atoms with van der Waals surface area (Å²) in [5.74, 6) is -1.19. The summed E-state index contributed by atoms with van der Waals surface area (Å²) in [5, 5.41) is 19.9. The minimum atomic E-state index is -1.27. The Balaban J connectivity index is 3.44. The molecule has 0 radical (unpaired) electrons. The van der Waals surface area contributed by atoms with Crippen molar-refractivity contribution in [3.8, 4) is 5.75 Å². The molecule has 7 nitrogen and oxygen atoms in total. The Bertz CT molecular complexity index is 537. The molecule has 0 saturated carbocycles. The quantitative estimate of drug-likeness (QED) is 0.645. The van der Waals surface area contributed by atoms with E-state index in [1.54, 1.807) is 25.2 Å². The van der Waals surface area contributed by atoms with Crippen molar-refractivity contribution in [1.29, 1.82) is 0 Å². The summed E-state index contributed by atoms with van der Waals surface area (Å²) in [6, 6.07) is 2.33. The van der Waals surface area contributed by atoms with Gasteiger partial charge in [0, 0.05) is 20.2 Å². The van der Waals surface area contributed by atoms with Crippen LogP contribution in [0.25, 0.3) is 6.08 Å². The van der Waals surface area contributed by atoms with Gasteiger partial charge in [0.1, 0.15) is 11.3 Å². The molecule has 0 saturated heterocycles. The largest absolute Gasteiger partial charge is 0.496 e. The van der Waals surface area contributed by atoms with Crippen molar-refractivity contribution >= 4 is 17.7 Å². The first-order valence-electron chi connectivity index (χ1n) is 5.31. The van der Waals surface area contributed by atoms with Crippen LogP contribution in [0.3, 0.4) is 0 Å². The zero-order valence-corrected chi connectivity index (χ0v) is 10.8. The van der Waals surface area contributed by atoms with Crippen LogP contribution in [0.15, 0.2) is 18.3 Å². The van der Waals surface area contributed by atoms with Gasteiger partial charge < -0.3 is 14.7 Å². The number of hydrogen-bond acceptors (Lipinski definition) is 5. The third-order valence-corrected chi connectivity index (χ3v) is 2.33. The number of methoxy groups -OCH3 is 1. The van der Waals surface area contributed by atoms with Gasteiger partial charge in [-0.25, -0.2) is 4.79 Å². The molecule has 0 bridgehead atoms. The Labute approximate surface area is 109 Å². The fourth-order valence-electron chi connectivity index (χ4n) is 1.44. The topological polar surface area (TPSA) is 92.9 Å². The zero-order chi connectivity index (χ0) is 14.6. The van der Waals surface area contributed by atoms with Crippen molar-refractivity contribution in [2.45, 2.75) is 0 Å². The number of rotatable bonds is 5. The summed E-state index contributed by atoms with van der Waals surface area (Å²) < 4.78 is 4.94. The lowest BCUT2D eigenvalue weighted by Gasteiger charge is -2.08. The van der Waals surface area contributed by atoms with Gasteiger partial charge in [-0.15, -0.1) is 0 Å². The summed E-state index contributed by atoms with van der Waals surface area (Å²) in [4.78, 5) is 23.1. The Morgan fingerprint density at radius 3 is 2.53 bits per heavy atom. The molecule has 0 aliphatic heterocycles. The fraction of sp³-hybridized carbons (Fsp3) is 0.250. The van der Waals surface area contributed by atoms with Crippen LogP contribution >= 0.6 is 0 Å². The van der Waals surface area contributed by atoms with Crippen LogP contribution in [0, 0.1) is 10.1 Å². The Morgan fingerprint density at radius 2 is 2.11 bits per heavy atom. The standard InChI is InChI=1S/C12H14N2O5/c1-13(2)5-4-8-6-11(19-3)9(12(15)16)7-10(8)14(17)18/h4-7H,1-3H3,(H,15,16). The van der Waals surface area contributed by atoms with E-state index in [2.05, 4.69) is 0 Å². The molecule has 19 heavy (non-hydrogen) atoms. The second-order valence-electron chi connectivity index (χ2n) is 3.95. The van der Waals surface area contributed by atoms with Gasteiger partial charge >= 0.3 is 5.97 Å². The first-order chi connectivity index (χ1) is 8.86. The van der Waals surface area contributed by atoms with Crippen LogP contribution in [0.4, 0.5) is 5.69 Å². The van der Waals surface area contributed by atoms with Crippen molar-refractivity contribution in [2.75, 3.05) is 21.2 Å². The van der Waals surface area contributed by atoms with Gasteiger partial charge in [-0.05, 0) is 18.3 Å². The van der Waals surface area contributed by atoms with E-state index in [1.807, 2.05) is 0 Å². The average Bonchev–Trinajstić information content (AvgIpc) is 2.34. The van der Waals surface area contributed by atoms with E-state index in [4.69, 9.17) is 9.84 Å². The van der Waals surface area contributed by atoms with Crippen LogP contribution in [-0.4, -0.2) is 42.1 Å². The smallest absolute Gasteiger partial charge is 0.339 e. The van der Waals surface area contributed by atoms with Crippen molar-refractivity contribution in [3.63, 3.8) is 0 Å². The molecule has 102 valence electrons. The van der Waals surface area contributed by atoms with Crippen LogP contribution in [0.1, 0.15) is 15.9 Å². The third-order valence-electron chi connectivity index (χ3n) is 2.33. The average molecular weight is 266 g/mol. The lowest BCUT2D eigenvalue weighted by atomic mass is 10.1. The Morgan fingerprint density at radius 1 is 1.47 bits per heavy atom. The van der Waals surface area contributed by atoms with Crippen molar-refractivity contribution in [2.24, 2.45) is 0 Å². The molecule has 1 rings (SSSR count). The first kappa shape index (κ1) is 14.5. The summed E-state index contributed by atoms with van der Waals surface area (Å²) in [5.41, 5.74) is -0.243. The molecule has 1 aromatic rings. The molecular weight excluding hydrogens is 252 g/mol. The van der Waals surface area contributed by atoms with Crippen LogP contribution in [0.2, 0.25) is 0 Å². The first-order valence-corrected chi connectivity index (χ1v) is 5.31. The van der Waals surface area contributed by atoms with E-state index in [1.165, 1.54) is 19.3 Å². The van der Waals surface area contributed by atoms with Crippen LogP contribution < -0.4 is 4.74 Å². The summed E-state index contributed by atoms with van der Waals surface area (Å²) in [6.45, 7) is 0. The predicted octanol–water partition coefficient (Wildman–Crippen LogP) is 1.83. The highest BCUT2D eigenvalue weighted by Gasteiger charge is 2.20. The van der Waals surface area contributed by atoms with E-state index < -0.39 is 10.9 Å². The molecule has 0 fully saturated rings. The Kier molecular flexibility index (Phi) is 4.46. The summed E-state index contributed by atoms with van der Waals surface area (Å²) in [7, 11) is 4.85. The molecule has 0 aliphatic carbocycles. The van der Waals surface area contributed by atoms with Crippen LogP contribution in [-0.2, 0) is 0 Å². The van der Waals surface area contributed by atoms with Gasteiger partial charge in [0.2, 0.25) is 0 Å². The molecular formula is C12H14N2O5. The van der Waals surface area contributed by atoms with Crippen molar-refractivity contribution in [1.82, 2.24) is 4.90 Å². The molecule has 0 heterocycles. The van der Waals surface area contributed by atoms with Crippen LogP contribution in [0.5, 0.6) is 5.75 Å². The van der Waals surface area contributed by atoms with Gasteiger partial charge in [0.15, 0.2) is 0 Å². The molecule has 0 aliphatic rings. The maximum Gasteiger partial charge on any atom is 0.339 e. The lowest BCUT2D eigenvalue weighted by molar-refractivity contribution is -0.385. The van der Waals surface area contributed by atoms with E-state index in [0.717, 1.165) is 6.07 Å². The Hall–Kier alpha value is -2.57. The van der Waals surface area contributed by atoms with Gasteiger partial charge in [-0.2, -0.15) is 0 Å². The highest BCUT2D eigenvalue weighted by molar-refractivity contribution is 5.92. The number of benzene rings is 1. The van der Waals surface area contributed by atoms with E-state index >= 15 is 0 Å². The minimum absolute atomic E-state index is 0.0801. The van der Waals surface area contributed by atoms with Gasteiger partial charge in [0.25, 0.3) is 5.69 Å². The van der Waals surface area contributed by atoms with Crippen molar-refractivity contribution < 1.29 is 19.6 Å². The number of nitro benzene ring substituents is 1. The zero-order valence-electron chi connectivity index (χ0n) is 10.8. The summed E-state index contributed by atoms with van der Waals surface area (Å²) in [6.07, 6.45) is 3.15. The molecule has 0 atom stereocenters. The molecule has 1 N–H and O–H groups in total. The van der Waals surface area contributed by atoms with Gasteiger partial charge in [-0.3, -0.25) is 10.1 Å². The molecule has 0 amide bonds. The highest BCUT2D eigenvalue weighted by atomic mass is 16.6. The van der Waals surface area contributed by atoms with Crippen molar-refractivity contribution in [3.05, 3.63) is 39.6 Å². The number of carboxylic acids is 1. The number of nitro groups is 1. The highest BCUT2D eigenvalue weighted by Crippen LogP contribution is 2.29. The van der Waals surface area contributed by atoms with Gasteiger partial charge in [-0.1, -0.05) is 0 Å². The predicted molar refractivity (Wildman–Crippen MR) is 69.3 cm³/mol. The number of carbonyl (C=O) groups is 1. The van der Waals surface area contributed by atoms with E-state index in [0.29, 0.717) is 0 Å². The minimum Gasteiger partial charge on any atom is -0.496 e. The second kappa shape index (κ2) is 5.85. The van der Waals surface area contributed by atoms with Gasteiger partial charge in [0.05, 0.1) is 17.6 Å². The SMILES string of the molecule is COc1cc(C=CN(C)C)c([N+](=O)[O-])cc1C(=O)O. The maximum atomic E-state index is 11.0. The number of carboxylic acid groups (broad SMARTS) is 1. The normalized spacial score (nSPS) is 10.5. The van der Waals surface area contributed by atoms with E-state index in [-0.39, 0.29) is 22.6 Å². The molecule has 0 spiro atoms. The monoisotopic (exact) mass is 266 g/mol. The third kappa shape index (κ3) is 3.44. The molecule has 0 aromatic heterocycles. The summed E-state index contributed by atoms with van der Waals surface area (Å²) >= 11 is 0. The number of aromatic carboxylic acids is 1. The molecule has 7 heteroatoms. The maximum absolute atomic E-state index is 11.0. The lowest BCUT2D eigenvalue weighted by Crippen LogP contribution is -2.04.